The Labute approximate surface area is 138 Å². The average molecular weight is 336 g/mol. The predicted octanol–water partition coefficient (Wildman–Crippen LogP) is 3.22. The Morgan fingerprint density at radius 1 is 1.04 bits per heavy atom. The summed E-state index contributed by atoms with van der Waals surface area (Å²) in [7, 11) is -3.76. The van der Waals surface area contributed by atoms with Crippen LogP contribution in [0.15, 0.2) is 29.2 Å². The van der Waals surface area contributed by atoms with Crippen LogP contribution in [0.4, 0.5) is 0 Å². The molecule has 1 aliphatic heterocycles. The SMILES string of the molecule is Cc1ccc(S(=O)(=O)[C@@H]2C(=O)C(C)(C)OC23CCCCC3)cc1. The second-order valence-corrected chi connectivity index (χ2v) is 9.37. The third-order valence-electron chi connectivity index (χ3n) is 5.13. The highest BCUT2D eigenvalue weighted by Gasteiger charge is 2.63. The van der Waals surface area contributed by atoms with Gasteiger partial charge < -0.3 is 4.74 Å². The number of ether oxygens (including phenoxy) is 1. The monoisotopic (exact) mass is 336 g/mol. The highest BCUT2D eigenvalue weighted by atomic mass is 32.2. The zero-order valence-electron chi connectivity index (χ0n) is 14.0. The molecule has 0 unspecified atom stereocenters. The highest BCUT2D eigenvalue weighted by Crippen LogP contribution is 2.48. The van der Waals surface area contributed by atoms with E-state index in [4.69, 9.17) is 4.74 Å². The molecule has 23 heavy (non-hydrogen) atoms. The lowest BCUT2D eigenvalue weighted by Crippen LogP contribution is -2.48. The molecule has 126 valence electrons. The minimum atomic E-state index is -3.76. The van der Waals surface area contributed by atoms with Crippen molar-refractivity contribution in [3.8, 4) is 0 Å². The molecule has 2 aliphatic rings. The molecule has 1 heterocycles. The van der Waals surface area contributed by atoms with E-state index in [1.54, 1.807) is 38.1 Å². The second kappa shape index (κ2) is 5.42. The van der Waals surface area contributed by atoms with Gasteiger partial charge in [-0.3, -0.25) is 4.79 Å². The van der Waals surface area contributed by atoms with Gasteiger partial charge in [0.15, 0.2) is 20.9 Å². The summed E-state index contributed by atoms with van der Waals surface area (Å²) in [6, 6.07) is 6.73. The van der Waals surface area contributed by atoms with E-state index in [9.17, 15) is 13.2 Å². The summed E-state index contributed by atoms with van der Waals surface area (Å²) < 4.78 is 32.5. The highest BCUT2D eigenvalue weighted by molar-refractivity contribution is 7.93. The fourth-order valence-corrected chi connectivity index (χ4v) is 6.17. The van der Waals surface area contributed by atoms with Crippen molar-refractivity contribution < 1.29 is 17.9 Å². The van der Waals surface area contributed by atoms with Gasteiger partial charge in [-0.1, -0.05) is 37.0 Å². The molecular weight excluding hydrogens is 312 g/mol. The first-order valence-corrected chi connectivity index (χ1v) is 9.79. The molecule has 0 amide bonds. The summed E-state index contributed by atoms with van der Waals surface area (Å²) in [6.45, 7) is 5.29. The third kappa shape index (κ3) is 2.64. The van der Waals surface area contributed by atoms with E-state index in [0.29, 0.717) is 12.8 Å². The molecule has 1 aromatic rings. The Kier molecular flexibility index (Phi) is 3.92. The largest absolute Gasteiger partial charge is 0.359 e. The van der Waals surface area contributed by atoms with Crippen molar-refractivity contribution >= 4 is 15.6 Å². The van der Waals surface area contributed by atoms with Crippen molar-refractivity contribution in [2.24, 2.45) is 0 Å². The zero-order valence-corrected chi connectivity index (χ0v) is 14.8. The van der Waals surface area contributed by atoms with Gasteiger partial charge in [0.25, 0.3) is 0 Å². The van der Waals surface area contributed by atoms with E-state index < -0.39 is 26.3 Å². The molecule has 4 nitrogen and oxygen atoms in total. The number of rotatable bonds is 2. The van der Waals surface area contributed by atoms with Gasteiger partial charge in [0.2, 0.25) is 0 Å². The smallest absolute Gasteiger partial charge is 0.191 e. The molecule has 1 saturated carbocycles. The molecule has 0 bridgehead atoms. The van der Waals surface area contributed by atoms with Crippen LogP contribution in [0.5, 0.6) is 0 Å². The van der Waals surface area contributed by atoms with Gasteiger partial charge in [-0.25, -0.2) is 8.42 Å². The topological polar surface area (TPSA) is 60.4 Å². The number of benzene rings is 1. The molecule has 1 atom stereocenters. The van der Waals surface area contributed by atoms with Gasteiger partial charge in [-0.15, -0.1) is 0 Å². The van der Waals surface area contributed by atoms with E-state index >= 15 is 0 Å². The Bertz CT molecular complexity index is 710. The van der Waals surface area contributed by atoms with E-state index in [0.717, 1.165) is 24.8 Å². The summed E-state index contributed by atoms with van der Waals surface area (Å²) in [5.41, 5.74) is -0.909. The number of hydrogen-bond acceptors (Lipinski definition) is 4. The molecule has 3 rings (SSSR count). The quantitative estimate of drug-likeness (QED) is 0.832. The Balaban J connectivity index is 2.10. The Morgan fingerprint density at radius 2 is 1.61 bits per heavy atom. The zero-order chi connectivity index (χ0) is 16.9. The lowest BCUT2D eigenvalue weighted by Gasteiger charge is -2.37. The number of aryl methyl sites for hydroxylation is 1. The molecule has 5 heteroatoms. The fraction of sp³-hybridized carbons (Fsp3) is 0.611. The summed E-state index contributed by atoms with van der Waals surface area (Å²) in [6.07, 6.45) is 4.15. The first-order valence-electron chi connectivity index (χ1n) is 8.24. The van der Waals surface area contributed by atoms with Crippen LogP contribution < -0.4 is 0 Å². The van der Waals surface area contributed by atoms with Crippen molar-refractivity contribution in [1.82, 2.24) is 0 Å². The maximum Gasteiger partial charge on any atom is 0.191 e. The number of carbonyl (C=O) groups is 1. The number of Topliss-reactive ketones (excluding diaryl/α,β-unsaturated/α-hetero) is 1. The average Bonchev–Trinajstić information content (AvgIpc) is 2.66. The van der Waals surface area contributed by atoms with Crippen molar-refractivity contribution in [1.29, 1.82) is 0 Å². The van der Waals surface area contributed by atoms with Crippen LogP contribution in [0, 0.1) is 6.92 Å². The standard InChI is InChI=1S/C18H24O4S/c1-13-7-9-14(10-8-13)23(20,21)16-15(19)17(2,3)22-18(16)11-5-4-6-12-18/h7-10,16H,4-6,11-12H2,1-3H3/t16-/m1/s1. The molecular formula is C18H24O4S. The van der Waals surface area contributed by atoms with Crippen molar-refractivity contribution in [3.63, 3.8) is 0 Å². The summed E-state index contributed by atoms with van der Waals surface area (Å²) in [4.78, 5) is 13.1. The first-order chi connectivity index (χ1) is 10.7. The summed E-state index contributed by atoms with van der Waals surface area (Å²) in [5.74, 6) is -0.306. The van der Waals surface area contributed by atoms with Crippen LogP contribution in [-0.2, 0) is 19.4 Å². The minimum Gasteiger partial charge on any atom is -0.359 e. The molecule has 0 aromatic heterocycles. The lowest BCUT2D eigenvalue weighted by molar-refractivity contribution is -0.136. The number of carbonyl (C=O) groups excluding carboxylic acids is 1. The van der Waals surface area contributed by atoms with E-state index in [2.05, 4.69) is 0 Å². The van der Waals surface area contributed by atoms with Gasteiger partial charge in [0.1, 0.15) is 5.60 Å². The van der Waals surface area contributed by atoms with Crippen molar-refractivity contribution in [3.05, 3.63) is 29.8 Å². The normalized spacial score (nSPS) is 26.6. The maximum atomic E-state index is 13.2. The molecule has 0 radical (unpaired) electrons. The van der Waals surface area contributed by atoms with Crippen molar-refractivity contribution in [2.75, 3.05) is 0 Å². The van der Waals surface area contributed by atoms with Crippen molar-refractivity contribution in [2.45, 2.75) is 74.2 Å². The van der Waals surface area contributed by atoms with Crippen LogP contribution in [-0.4, -0.2) is 30.7 Å². The Hall–Kier alpha value is -1.20. The van der Waals surface area contributed by atoms with Crippen LogP contribution >= 0.6 is 0 Å². The molecule has 1 aliphatic carbocycles. The van der Waals surface area contributed by atoms with E-state index in [1.807, 2.05) is 6.92 Å². The van der Waals surface area contributed by atoms with Gasteiger partial charge >= 0.3 is 0 Å². The van der Waals surface area contributed by atoms with Gasteiger partial charge in [-0.05, 0) is 45.7 Å². The maximum absolute atomic E-state index is 13.2. The summed E-state index contributed by atoms with van der Waals surface area (Å²) >= 11 is 0. The molecule has 0 N–H and O–H groups in total. The second-order valence-electron chi connectivity index (χ2n) is 7.34. The summed E-state index contributed by atoms with van der Waals surface area (Å²) in [5, 5.41) is -1.09. The molecule has 2 fully saturated rings. The predicted molar refractivity (Wildman–Crippen MR) is 88.1 cm³/mol. The van der Waals surface area contributed by atoms with Crippen LogP contribution in [0.25, 0.3) is 0 Å². The number of sulfone groups is 1. The van der Waals surface area contributed by atoms with E-state index in [-0.39, 0.29) is 10.7 Å². The van der Waals surface area contributed by atoms with Gasteiger partial charge in [-0.2, -0.15) is 0 Å². The third-order valence-corrected chi connectivity index (χ3v) is 7.32. The number of hydrogen-bond donors (Lipinski definition) is 0. The van der Waals surface area contributed by atoms with Crippen LogP contribution in [0.1, 0.15) is 51.5 Å². The minimum absolute atomic E-state index is 0.215. The van der Waals surface area contributed by atoms with Gasteiger partial charge in [0.05, 0.1) is 10.5 Å². The van der Waals surface area contributed by atoms with Gasteiger partial charge in [0, 0.05) is 0 Å². The number of ketones is 1. The molecule has 1 saturated heterocycles. The first kappa shape index (κ1) is 16.7. The van der Waals surface area contributed by atoms with E-state index in [1.165, 1.54) is 0 Å². The fourth-order valence-electron chi connectivity index (χ4n) is 3.97. The van der Waals surface area contributed by atoms with Crippen LogP contribution in [0.3, 0.4) is 0 Å². The molecule has 1 aromatic carbocycles. The lowest BCUT2D eigenvalue weighted by atomic mass is 9.82. The molecule has 1 spiro atoms. The Morgan fingerprint density at radius 3 is 2.17 bits per heavy atom. The van der Waals surface area contributed by atoms with Crippen LogP contribution in [0.2, 0.25) is 0 Å².